The van der Waals surface area contributed by atoms with Crippen LogP contribution < -0.4 is 40.2 Å². The molecule has 0 saturated heterocycles. The van der Waals surface area contributed by atoms with E-state index in [0.29, 0.717) is 0 Å². The van der Waals surface area contributed by atoms with E-state index in [-0.39, 0.29) is 35.1 Å². The van der Waals surface area contributed by atoms with Crippen molar-refractivity contribution in [1.82, 2.24) is 10.2 Å². The molecule has 4 nitrogen and oxygen atoms in total. The van der Waals surface area contributed by atoms with Gasteiger partial charge in [0.25, 0.3) is 5.56 Å². The van der Waals surface area contributed by atoms with E-state index in [1.165, 1.54) is 0 Å². The second-order valence-corrected chi connectivity index (χ2v) is 1.26. The van der Waals surface area contributed by atoms with Crippen molar-refractivity contribution in [3.63, 3.8) is 0 Å². The van der Waals surface area contributed by atoms with Crippen LogP contribution in [0.3, 0.4) is 0 Å². The summed E-state index contributed by atoms with van der Waals surface area (Å²) in [6, 6.07) is 2.24. The second-order valence-electron chi connectivity index (χ2n) is 1.26. The number of aromatic amines is 1. The molecule has 1 rings (SSSR count). The minimum Gasteiger partial charge on any atom is -0.857 e. The van der Waals surface area contributed by atoms with Crippen molar-refractivity contribution in [3.05, 3.63) is 22.5 Å². The second kappa shape index (κ2) is 3.66. The third-order valence-electron chi connectivity index (χ3n) is 0.654. The van der Waals surface area contributed by atoms with Crippen molar-refractivity contribution in [2.45, 2.75) is 0 Å². The Morgan fingerprint density at radius 3 is 2.56 bits per heavy atom. The first-order valence-corrected chi connectivity index (χ1v) is 2.02. The fourth-order valence-electron chi connectivity index (χ4n) is 0.332. The zero-order chi connectivity index (χ0) is 5.98. The number of nitrogens with one attached hydrogen (secondary N) is 1. The van der Waals surface area contributed by atoms with Gasteiger partial charge in [0.15, 0.2) is 0 Å². The quantitative estimate of drug-likeness (QED) is 0.366. The zero-order valence-electron chi connectivity index (χ0n) is 4.92. The van der Waals surface area contributed by atoms with E-state index >= 15 is 0 Å². The number of aromatic nitrogens is 2. The average molecular weight is 134 g/mol. The van der Waals surface area contributed by atoms with Crippen LogP contribution in [0.25, 0.3) is 0 Å². The van der Waals surface area contributed by atoms with Crippen LogP contribution in [-0.2, 0) is 0 Å². The van der Waals surface area contributed by atoms with Crippen LogP contribution in [0.2, 0.25) is 0 Å². The van der Waals surface area contributed by atoms with E-state index in [1.807, 2.05) is 5.10 Å². The third kappa shape index (κ3) is 2.64. The van der Waals surface area contributed by atoms with Gasteiger partial charge in [-0.25, -0.2) is 5.10 Å². The number of H-pyrrole nitrogens is 1. The molecule has 0 spiro atoms. The Balaban J connectivity index is 0.000000640. The first kappa shape index (κ1) is 8.68. The van der Waals surface area contributed by atoms with E-state index in [9.17, 15) is 9.90 Å². The summed E-state index contributed by atoms with van der Waals surface area (Å²) < 4.78 is 0. The van der Waals surface area contributed by atoms with Gasteiger partial charge in [0.05, 0.1) is 0 Å². The predicted molar refractivity (Wildman–Crippen MR) is 24.3 cm³/mol. The Morgan fingerprint density at radius 2 is 2.22 bits per heavy atom. The first-order chi connectivity index (χ1) is 3.79. The Bertz CT molecular complexity index is 214. The average Bonchev–Trinajstić information content (AvgIpc) is 1.77. The minimum absolute atomic E-state index is 0. The molecule has 0 radical (unpaired) electrons. The van der Waals surface area contributed by atoms with E-state index in [0.717, 1.165) is 12.1 Å². The smallest absolute Gasteiger partial charge is 0.857 e. The van der Waals surface area contributed by atoms with Crippen LogP contribution >= 0.6 is 0 Å². The van der Waals surface area contributed by atoms with E-state index in [2.05, 4.69) is 5.10 Å². The van der Waals surface area contributed by atoms with E-state index in [4.69, 9.17) is 0 Å². The first-order valence-electron chi connectivity index (χ1n) is 2.02. The van der Waals surface area contributed by atoms with Gasteiger partial charge in [-0.05, 0) is 6.07 Å². The Morgan fingerprint density at radius 1 is 1.56 bits per heavy atom. The fourth-order valence-corrected chi connectivity index (χ4v) is 0.332. The maximum Gasteiger partial charge on any atom is 1.00 e. The summed E-state index contributed by atoms with van der Waals surface area (Å²) in [5.74, 6) is -0.426. The summed E-state index contributed by atoms with van der Waals surface area (Å²) >= 11 is 0. The maximum absolute atomic E-state index is 10.2. The topological polar surface area (TPSA) is 68.8 Å². The van der Waals surface area contributed by atoms with E-state index in [1.54, 1.807) is 0 Å². The fraction of sp³-hybridized carbons (Fsp3) is 0. The predicted octanol–water partition coefficient (Wildman–Crippen LogP) is -4.15. The van der Waals surface area contributed by atoms with Crippen molar-refractivity contribution in [1.29, 1.82) is 0 Å². The molecule has 0 atom stereocenters. The number of hydrogen-bond acceptors (Lipinski definition) is 3. The number of rotatable bonds is 0. The van der Waals surface area contributed by atoms with Crippen molar-refractivity contribution < 1.29 is 34.7 Å². The molecule has 9 heavy (non-hydrogen) atoms. The zero-order valence-corrected chi connectivity index (χ0v) is 6.92. The monoisotopic (exact) mass is 134 g/mol. The number of nitrogens with zero attached hydrogens (tertiary/aromatic N) is 1. The summed E-state index contributed by atoms with van der Waals surface area (Å²) in [7, 11) is 0. The Kier molecular flexibility index (Phi) is 3.53. The van der Waals surface area contributed by atoms with Gasteiger partial charge in [0, 0.05) is 11.9 Å². The van der Waals surface area contributed by atoms with Crippen LogP contribution in [0.5, 0.6) is 5.88 Å². The molecule has 0 bridgehead atoms. The molecule has 1 N–H and O–H groups in total. The molecule has 0 fully saturated rings. The standard InChI is InChI=1S/C4H4N2O2.Na/c7-3-1-2-4(8)6-5-3;/h1-2H,(H,5,7)(H,6,8);/q;+1/p-1. The van der Waals surface area contributed by atoms with Crippen molar-refractivity contribution in [3.8, 4) is 5.88 Å². The number of hydrogen-bond donors (Lipinski definition) is 1. The van der Waals surface area contributed by atoms with Gasteiger partial charge < -0.3 is 5.11 Å². The van der Waals surface area contributed by atoms with E-state index < -0.39 is 5.88 Å². The van der Waals surface area contributed by atoms with Gasteiger partial charge in [-0.15, -0.1) is 0 Å². The molecule has 1 aromatic rings. The molecule has 0 aliphatic carbocycles. The molecular formula is C4H3N2NaO2. The molecule has 0 amide bonds. The Hall–Kier alpha value is -0.320. The molecule has 42 valence electrons. The van der Waals surface area contributed by atoms with Gasteiger partial charge in [-0.2, -0.15) is 5.10 Å². The van der Waals surface area contributed by atoms with Gasteiger partial charge in [-0.3, -0.25) is 4.79 Å². The van der Waals surface area contributed by atoms with Crippen molar-refractivity contribution in [2.75, 3.05) is 0 Å². The van der Waals surface area contributed by atoms with Gasteiger partial charge in [-0.1, -0.05) is 0 Å². The maximum atomic E-state index is 10.2. The van der Waals surface area contributed by atoms with Crippen LogP contribution in [0, 0.1) is 0 Å². The summed E-state index contributed by atoms with van der Waals surface area (Å²) in [4.78, 5) is 10.2. The van der Waals surface area contributed by atoms with Crippen LogP contribution in [0.4, 0.5) is 0 Å². The van der Waals surface area contributed by atoms with Crippen LogP contribution in [0.1, 0.15) is 0 Å². The molecule has 0 aliphatic rings. The van der Waals surface area contributed by atoms with Crippen molar-refractivity contribution in [2.24, 2.45) is 0 Å². The summed E-state index contributed by atoms with van der Waals surface area (Å²) in [6.45, 7) is 0. The summed E-state index contributed by atoms with van der Waals surface area (Å²) in [6.07, 6.45) is 0. The Labute approximate surface area is 73.2 Å². The van der Waals surface area contributed by atoms with Gasteiger partial charge in [0.1, 0.15) is 0 Å². The summed E-state index contributed by atoms with van der Waals surface area (Å²) in [5, 5.41) is 15.2. The summed E-state index contributed by atoms with van der Waals surface area (Å²) in [5.41, 5.74) is -0.357. The molecule has 0 aromatic carbocycles. The molecule has 0 saturated carbocycles. The minimum atomic E-state index is -0.426. The van der Waals surface area contributed by atoms with Crippen LogP contribution in [0.15, 0.2) is 16.9 Å². The van der Waals surface area contributed by atoms with Gasteiger partial charge in [0.2, 0.25) is 0 Å². The molecule has 1 aromatic heterocycles. The largest absolute Gasteiger partial charge is 1.00 e. The molecular weight excluding hydrogens is 131 g/mol. The van der Waals surface area contributed by atoms with Crippen LogP contribution in [-0.4, -0.2) is 10.2 Å². The van der Waals surface area contributed by atoms with Gasteiger partial charge >= 0.3 is 29.6 Å². The normalized spacial score (nSPS) is 8.00. The molecule has 5 heteroatoms. The molecule has 0 aliphatic heterocycles. The molecule has 0 unspecified atom stereocenters. The van der Waals surface area contributed by atoms with Crippen molar-refractivity contribution >= 4 is 0 Å². The SMILES string of the molecule is O=c1ccc([O-])n[nH]1.[Na+]. The molecule has 1 heterocycles. The third-order valence-corrected chi connectivity index (χ3v) is 0.654.